The Bertz CT molecular complexity index is 244. The fourth-order valence-corrected chi connectivity index (χ4v) is 1.27. The number of para-hydroxylation sites is 1. The van der Waals surface area contributed by atoms with Crippen LogP contribution < -0.4 is 10.1 Å². The second-order valence-electron chi connectivity index (χ2n) is 2.94. The molecule has 1 heterocycles. The van der Waals surface area contributed by atoms with Gasteiger partial charge in [-0.1, -0.05) is 18.2 Å². The fraction of sp³-hybridized carbons (Fsp3) is 0.400. The fourth-order valence-electron chi connectivity index (χ4n) is 1.27. The summed E-state index contributed by atoms with van der Waals surface area (Å²) in [6.45, 7) is 2.39. The summed E-state index contributed by atoms with van der Waals surface area (Å²) in [5.41, 5.74) is 0. The van der Waals surface area contributed by atoms with Gasteiger partial charge < -0.3 is 14.8 Å². The summed E-state index contributed by atoms with van der Waals surface area (Å²) in [7, 11) is 0. The average molecular weight is 179 g/mol. The minimum Gasteiger partial charge on any atom is -0.464 e. The quantitative estimate of drug-likeness (QED) is 0.735. The molecular weight excluding hydrogens is 166 g/mol. The Morgan fingerprint density at radius 3 is 2.85 bits per heavy atom. The summed E-state index contributed by atoms with van der Waals surface area (Å²) in [5, 5.41) is 3.21. The Hall–Kier alpha value is -1.06. The van der Waals surface area contributed by atoms with Crippen LogP contribution in [0.1, 0.15) is 0 Å². The molecule has 0 spiro atoms. The number of nitrogens with one attached hydrogen (secondary N) is 1. The first-order valence-electron chi connectivity index (χ1n) is 4.49. The van der Waals surface area contributed by atoms with Gasteiger partial charge in [0, 0.05) is 6.54 Å². The summed E-state index contributed by atoms with van der Waals surface area (Å²) in [4.78, 5) is 0. The highest BCUT2D eigenvalue weighted by molar-refractivity contribution is 5.21. The predicted octanol–water partition coefficient (Wildman–Crippen LogP) is 1.01. The molecule has 13 heavy (non-hydrogen) atoms. The molecule has 1 fully saturated rings. The highest BCUT2D eigenvalue weighted by Gasteiger charge is 2.13. The Morgan fingerprint density at radius 1 is 1.31 bits per heavy atom. The van der Waals surface area contributed by atoms with Crippen molar-refractivity contribution in [3.8, 4) is 5.75 Å². The molecule has 1 aliphatic heterocycles. The van der Waals surface area contributed by atoms with Gasteiger partial charge in [-0.25, -0.2) is 0 Å². The van der Waals surface area contributed by atoms with Crippen LogP contribution in [0.3, 0.4) is 0 Å². The Kier molecular flexibility index (Phi) is 2.79. The molecule has 70 valence electrons. The van der Waals surface area contributed by atoms with Crippen molar-refractivity contribution in [2.45, 2.75) is 6.29 Å². The number of ether oxygens (including phenoxy) is 2. The molecule has 1 aliphatic rings. The van der Waals surface area contributed by atoms with Crippen molar-refractivity contribution in [1.29, 1.82) is 0 Å². The predicted molar refractivity (Wildman–Crippen MR) is 49.7 cm³/mol. The van der Waals surface area contributed by atoms with E-state index in [9.17, 15) is 0 Å². The molecule has 0 aromatic heterocycles. The number of morpholine rings is 1. The third-order valence-electron chi connectivity index (χ3n) is 1.90. The van der Waals surface area contributed by atoms with E-state index in [-0.39, 0.29) is 6.29 Å². The second kappa shape index (κ2) is 4.25. The summed E-state index contributed by atoms with van der Waals surface area (Å²) in [5.74, 6) is 0.858. The minimum absolute atomic E-state index is 0.142. The lowest BCUT2D eigenvalue weighted by molar-refractivity contribution is -0.0946. The maximum Gasteiger partial charge on any atom is 0.212 e. The first-order valence-corrected chi connectivity index (χ1v) is 4.49. The lowest BCUT2D eigenvalue weighted by Crippen LogP contribution is -2.41. The van der Waals surface area contributed by atoms with Gasteiger partial charge in [0.2, 0.25) is 6.29 Å². The number of rotatable bonds is 2. The lowest BCUT2D eigenvalue weighted by atomic mass is 10.3. The van der Waals surface area contributed by atoms with Gasteiger partial charge >= 0.3 is 0 Å². The Labute approximate surface area is 77.7 Å². The normalized spacial score (nSPS) is 22.6. The molecule has 0 saturated carbocycles. The zero-order valence-electron chi connectivity index (χ0n) is 7.40. The molecule has 1 saturated heterocycles. The third kappa shape index (κ3) is 2.44. The maximum absolute atomic E-state index is 5.57. The van der Waals surface area contributed by atoms with E-state index in [2.05, 4.69) is 5.32 Å². The Morgan fingerprint density at radius 2 is 2.15 bits per heavy atom. The number of benzene rings is 1. The van der Waals surface area contributed by atoms with Crippen molar-refractivity contribution >= 4 is 0 Å². The smallest absolute Gasteiger partial charge is 0.212 e. The van der Waals surface area contributed by atoms with E-state index in [1.807, 2.05) is 30.3 Å². The number of hydrogen-bond acceptors (Lipinski definition) is 3. The van der Waals surface area contributed by atoms with Gasteiger partial charge in [0.05, 0.1) is 13.2 Å². The standard InChI is InChI=1S/C10H13NO2/c1-2-4-9(5-3-1)13-10-8-11-6-7-12-10/h1-5,10-11H,6-8H2. The average Bonchev–Trinajstić information content (AvgIpc) is 2.21. The van der Waals surface area contributed by atoms with Gasteiger partial charge in [0.25, 0.3) is 0 Å². The van der Waals surface area contributed by atoms with E-state index in [4.69, 9.17) is 9.47 Å². The number of hydrogen-bond donors (Lipinski definition) is 1. The van der Waals surface area contributed by atoms with Gasteiger partial charge in [-0.3, -0.25) is 0 Å². The summed E-state index contributed by atoms with van der Waals surface area (Å²) in [6, 6.07) is 9.72. The molecular formula is C10H13NO2. The summed E-state index contributed by atoms with van der Waals surface area (Å²) < 4.78 is 11.0. The summed E-state index contributed by atoms with van der Waals surface area (Å²) >= 11 is 0. The van der Waals surface area contributed by atoms with E-state index in [0.717, 1.165) is 25.4 Å². The molecule has 1 aromatic carbocycles. The van der Waals surface area contributed by atoms with Gasteiger partial charge in [0.15, 0.2) is 0 Å². The molecule has 2 rings (SSSR count). The van der Waals surface area contributed by atoms with Gasteiger partial charge in [0.1, 0.15) is 5.75 Å². The second-order valence-corrected chi connectivity index (χ2v) is 2.94. The minimum atomic E-state index is -0.142. The zero-order chi connectivity index (χ0) is 8.93. The molecule has 3 heteroatoms. The highest BCUT2D eigenvalue weighted by Crippen LogP contribution is 2.11. The van der Waals surface area contributed by atoms with Crippen LogP contribution in [0.25, 0.3) is 0 Å². The molecule has 1 aromatic rings. The van der Waals surface area contributed by atoms with E-state index >= 15 is 0 Å². The van der Waals surface area contributed by atoms with Crippen LogP contribution in [0.15, 0.2) is 30.3 Å². The monoisotopic (exact) mass is 179 g/mol. The first-order chi connectivity index (χ1) is 6.45. The first kappa shape index (κ1) is 8.53. The van der Waals surface area contributed by atoms with Gasteiger partial charge in [-0.2, -0.15) is 0 Å². The van der Waals surface area contributed by atoms with Crippen LogP contribution >= 0.6 is 0 Å². The molecule has 3 nitrogen and oxygen atoms in total. The largest absolute Gasteiger partial charge is 0.464 e. The zero-order valence-corrected chi connectivity index (χ0v) is 7.40. The van der Waals surface area contributed by atoms with E-state index in [0.29, 0.717) is 0 Å². The van der Waals surface area contributed by atoms with Crippen molar-refractivity contribution in [3.05, 3.63) is 30.3 Å². The van der Waals surface area contributed by atoms with Crippen molar-refractivity contribution in [2.24, 2.45) is 0 Å². The van der Waals surface area contributed by atoms with E-state index in [1.165, 1.54) is 0 Å². The van der Waals surface area contributed by atoms with Gasteiger partial charge in [-0.15, -0.1) is 0 Å². The van der Waals surface area contributed by atoms with E-state index in [1.54, 1.807) is 0 Å². The molecule has 1 N–H and O–H groups in total. The van der Waals surface area contributed by atoms with Crippen LogP contribution in [0.5, 0.6) is 5.75 Å². The molecule has 0 bridgehead atoms. The van der Waals surface area contributed by atoms with Crippen LogP contribution in [-0.4, -0.2) is 26.0 Å². The van der Waals surface area contributed by atoms with Crippen LogP contribution in [0.2, 0.25) is 0 Å². The topological polar surface area (TPSA) is 30.5 Å². The van der Waals surface area contributed by atoms with Crippen molar-refractivity contribution in [1.82, 2.24) is 5.32 Å². The summed E-state index contributed by atoms with van der Waals surface area (Å²) in [6.07, 6.45) is -0.142. The van der Waals surface area contributed by atoms with Gasteiger partial charge in [-0.05, 0) is 12.1 Å². The SMILES string of the molecule is c1ccc(OC2CNCCO2)cc1. The van der Waals surface area contributed by atoms with Crippen LogP contribution in [-0.2, 0) is 4.74 Å². The highest BCUT2D eigenvalue weighted by atomic mass is 16.7. The third-order valence-corrected chi connectivity index (χ3v) is 1.90. The lowest BCUT2D eigenvalue weighted by Gasteiger charge is -2.24. The van der Waals surface area contributed by atoms with Crippen LogP contribution in [0, 0.1) is 0 Å². The molecule has 0 amide bonds. The van der Waals surface area contributed by atoms with Crippen molar-refractivity contribution in [2.75, 3.05) is 19.7 Å². The molecule has 1 atom stereocenters. The molecule has 0 radical (unpaired) electrons. The van der Waals surface area contributed by atoms with E-state index < -0.39 is 0 Å². The van der Waals surface area contributed by atoms with Crippen molar-refractivity contribution in [3.63, 3.8) is 0 Å². The van der Waals surface area contributed by atoms with Crippen LogP contribution in [0.4, 0.5) is 0 Å². The van der Waals surface area contributed by atoms with Crippen molar-refractivity contribution < 1.29 is 9.47 Å². The molecule has 1 unspecified atom stereocenters. The Balaban J connectivity index is 1.90. The maximum atomic E-state index is 5.57. The molecule has 0 aliphatic carbocycles.